The maximum Gasteiger partial charge on any atom is 0.451 e. The molecule has 1 saturated carbocycles. The summed E-state index contributed by atoms with van der Waals surface area (Å²) in [7, 11) is 0. The smallest absolute Gasteiger partial charge is 0.382 e. The van der Waals surface area contributed by atoms with Crippen molar-refractivity contribution in [2.75, 3.05) is 5.73 Å². The lowest BCUT2D eigenvalue weighted by Gasteiger charge is -2.13. The molecule has 2 aromatic rings. The quantitative estimate of drug-likeness (QED) is 0.564. The van der Waals surface area contributed by atoms with Gasteiger partial charge in [-0.1, -0.05) is 0 Å². The molecule has 2 aromatic heterocycles. The largest absolute Gasteiger partial charge is 0.451 e. The van der Waals surface area contributed by atoms with Gasteiger partial charge in [-0.25, -0.2) is 20.4 Å². The molecule has 0 aromatic carbocycles. The van der Waals surface area contributed by atoms with Gasteiger partial charge in [0.25, 0.3) is 0 Å². The van der Waals surface area contributed by atoms with Crippen molar-refractivity contribution in [2.45, 2.75) is 31.5 Å². The third kappa shape index (κ3) is 2.67. The highest BCUT2D eigenvalue weighted by Crippen LogP contribution is 2.37. The van der Waals surface area contributed by atoms with Crippen molar-refractivity contribution in [2.24, 2.45) is 5.92 Å². The maximum atomic E-state index is 12.8. The summed E-state index contributed by atoms with van der Waals surface area (Å²) in [6.07, 6.45) is -1.95. The fourth-order valence-corrected chi connectivity index (χ4v) is 2.87. The predicted molar refractivity (Wildman–Crippen MR) is 71.0 cm³/mol. The molecule has 1 aliphatic rings. The number of anilines is 1. The van der Waals surface area contributed by atoms with Crippen LogP contribution in [0.15, 0.2) is 6.33 Å². The second kappa shape index (κ2) is 5.33. The Hall–Kier alpha value is -2.43. The van der Waals surface area contributed by atoms with E-state index >= 15 is 0 Å². The zero-order valence-corrected chi connectivity index (χ0v) is 11.7. The molecule has 4 N–H and O–H groups in total. The van der Waals surface area contributed by atoms with E-state index in [1.54, 1.807) is 5.48 Å². The summed E-state index contributed by atoms with van der Waals surface area (Å²) in [5.41, 5.74) is 7.21. The lowest BCUT2D eigenvalue weighted by Crippen LogP contribution is -2.26. The van der Waals surface area contributed by atoms with Gasteiger partial charge in [-0.15, -0.1) is 0 Å². The summed E-state index contributed by atoms with van der Waals surface area (Å²) >= 11 is 0. The van der Waals surface area contributed by atoms with Crippen LogP contribution in [0.3, 0.4) is 0 Å². The van der Waals surface area contributed by atoms with Gasteiger partial charge >= 0.3 is 6.18 Å². The number of nitrogens with two attached hydrogens (primary N) is 1. The number of amides is 1. The third-order valence-corrected chi connectivity index (χ3v) is 3.98. The molecule has 0 bridgehead atoms. The van der Waals surface area contributed by atoms with Gasteiger partial charge in [0.05, 0.1) is 6.33 Å². The van der Waals surface area contributed by atoms with E-state index in [-0.39, 0.29) is 23.0 Å². The second-order valence-electron chi connectivity index (χ2n) is 5.39. The first-order valence-electron chi connectivity index (χ1n) is 6.82. The molecule has 0 aliphatic heterocycles. The van der Waals surface area contributed by atoms with Gasteiger partial charge < -0.3 is 10.3 Å². The average molecular weight is 330 g/mol. The maximum absolute atomic E-state index is 12.8. The van der Waals surface area contributed by atoms with Crippen LogP contribution in [0, 0.1) is 5.92 Å². The minimum atomic E-state index is -4.72. The molecule has 0 saturated heterocycles. The summed E-state index contributed by atoms with van der Waals surface area (Å²) in [4.78, 5) is 22.2. The molecule has 1 aliphatic carbocycles. The molecular weight excluding hydrogens is 317 g/mol. The molecule has 124 valence electrons. The Labute approximate surface area is 127 Å². The number of aromatic nitrogens is 4. The number of nitrogens with zero attached hydrogens (tertiary/aromatic N) is 4. The molecular formula is C12H13F3N6O2. The van der Waals surface area contributed by atoms with Crippen LogP contribution in [0.2, 0.25) is 0 Å². The lowest BCUT2D eigenvalue weighted by atomic mass is 10.1. The number of nitrogen functional groups attached to an aromatic ring is 1. The topological polar surface area (TPSA) is 119 Å². The van der Waals surface area contributed by atoms with E-state index in [1.807, 2.05) is 0 Å². The monoisotopic (exact) mass is 330 g/mol. The summed E-state index contributed by atoms with van der Waals surface area (Å²) in [6, 6.07) is -0.252. The zero-order valence-electron chi connectivity index (χ0n) is 11.7. The molecule has 0 radical (unpaired) electrons. The van der Waals surface area contributed by atoms with Crippen molar-refractivity contribution in [1.29, 1.82) is 0 Å². The van der Waals surface area contributed by atoms with Gasteiger partial charge in [-0.05, 0) is 19.3 Å². The summed E-state index contributed by atoms with van der Waals surface area (Å²) in [5.74, 6) is -2.60. The highest BCUT2D eigenvalue weighted by atomic mass is 19.4. The minimum Gasteiger partial charge on any atom is -0.382 e. The summed E-state index contributed by atoms with van der Waals surface area (Å²) in [5, 5.41) is 8.67. The van der Waals surface area contributed by atoms with E-state index in [9.17, 15) is 18.0 Å². The van der Waals surface area contributed by atoms with Crippen molar-refractivity contribution in [1.82, 2.24) is 25.0 Å². The number of imidazole rings is 1. The first-order chi connectivity index (χ1) is 10.8. The average Bonchev–Trinajstić information content (AvgIpc) is 3.11. The van der Waals surface area contributed by atoms with Crippen molar-refractivity contribution in [3.63, 3.8) is 0 Å². The minimum absolute atomic E-state index is 0.0140. The Kier molecular flexibility index (Phi) is 3.59. The van der Waals surface area contributed by atoms with Crippen LogP contribution >= 0.6 is 0 Å². The van der Waals surface area contributed by atoms with E-state index in [4.69, 9.17) is 10.9 Å². The van der Waals surface area contributed by atoms with Gasteiger partial charge in [0.1, 0.15) is 5.52 Å². The molecule has 0 spiro atoms. The summed E-state index contributed by atoms with van der Waals surface area (Å²) in [6.45, 7) is 0. The van der Waals surface area contributed by atoms with Gasteiger partial charge in [0.15, 0.2) is 11.5 Å². The normalized spacial score (nSPS) is 21.7. The lowest BCUT2D eigenvalue weighted by molar-refractivity contribution is -0.144. The number of nitrogens with one attached hydrogen (secondary N) is 1. The van der Waals surface area contributed by atoms with Gasteiger partial charge in [-0.2, -0.15) is 13.2 Å². The van der Waals surface area contributed by atoms with Crippen LogP contribution in [-0.2, 0) is 11.0 Å². The van der Waals surface area contributed by atoms with Gasteiger partial charge in [0, 0.05) is 12.0 Å². The van der Waals surface area contributed by atoms with Gasteiger partial charge in [0.2, 0.25) is 11.7 Å². The number of hydrogen-bond donors (Lipinski definition) is 3. The third-order valence-electron chi connectivity index (χ3n) is 3.98. The van der Waals surface area contributed by atoms with Crippen molar-refractivity contribution < 1.29 is 23.2 Å². The Morgan fingerprint density at radius 1 is 1.39 bits per heavy atom. The standard InChI is InChI=1S/C12H13F3N6O2/c13-12(14,15)11-18-8(16)7-9(19-11)21(4-17-7)6-2-1-5(3-6)10(22)20-23/h4-6,23H,1-3H2,(H,20,22)(H2,16,18,19)/t5-,6-/m1/s1. The van der Waals surface area contributed by atoms with Crippen molar-refractivity contribution in [3.8, 4) is 0 Å². The second-order valence-corrected chi connectivity index (χ2v) is 5.39. The number of alkyl halides is 3. The molecule has 2 atom stereocenters. The van der Waals surface area contributed by atoms with E-state index in [0.29, 0.717) is 19.3 Å². The molecule has 23 heavy (non-hydrogen) atoms. The Morgan fingerprint density at radius 2 is 2.13 bits per heavy atom. The molecule has 2 heterocycles. The zero-order chi connectivity index (χ0) is 16.8. The van der Waals surface area contributed by atoms with E-state index < -0.39 is 23.8 Å². The highest BCUT2D eigenvalue weighted by Gasteiger charge is 2.37. The number of carbonyl (C=O) groups is 1. The Morgan fingerprint density at radius 3 is 2.78 bits per heavy atom. The van der Waals surface area contributed by atoms with Crippen LogP contribution < -0.4 is 11.2 Å². The van der Waals surface area contributed by atoms with E-state index in [2.05, 4.69) is 15.0 Å². The van der Waals surface area contributed by atoms with Crippen molar-refractivity contribution in [3.05, 3.63) is 12.2 Å². The molecule has 3 rings (SSSR count). The number of fused-ring (bicyclic) bond motifs is 1. The fraction of sp³-hybridized carbons (Fsp3) is 0.500. The van der Waals surface area contributed by atoms with Crippen LogP contribution in [0.5, 0.6) is 0 Å². The molecule has 11 heteroatoms. The molecule has 1 amide bonds. The number of halogens is 3. The molecule has 8 nitrogen and oxygen atoms in total. The van der Waals surface area contributed by atoms with Crippen LogP contribution in [0.1, 0.15) is 31.1 Å². The summed E-state index contributed by atoms with van der Waals surface area (Å²) < 4.78 is 40.0. The highest BCUT2D eigenvalue weighted by molar-refractivity contribution is 5.82. The SMILES string of the molecule is Nc1nc(C(F)(F)F)nc2c1ncn2[C@@H]1CC[C@@H](C(=O)NO)C1. The van der Waals surface area contributed by atoms with E-state index in [1.165, 1.54) is 10.9 Å². The van der Waals surface area contributed by atoms with Crippen LogP contribution in [-0.4, -0.2) is 30.6 Å². The molecule has 1 fully saturated rings. The van der Waals surface area contributed by atoms with Crippen LogP contribution in [0.25, 0.3) is 11.2 Å². The Bertz CT molecular complexity index is 759. The number of hydroxylamine groups is 1. The first-order valence-corrected chi connectivity index (χ1v) is 6.82. The molecule has 0 unspecified atom stereocenters. The number of carbonyl (C=O) groups excluding carboxylic acids is 1. The van der Waals surface area contributed by atoms with Crippen molar-refractivity contribution >= 4 is 22.9 Å². The Balaban J connectivity index is 1.99. The predicted octanol–water partition coefficient (Wildman–Crippen LogP) is 1.27. The number of rotatable bonds is 2. The first kappa shape index (κ1) is 15.5. The fourth-order valence-electron chi connectivity index (χ4n) is 2.87. The number of hydrogen-bond acceptors (Lipinski definition) is 6. The van der Waals surface area contributed by atoms with E-state index in [0.717, 1.165) is 0 Å². The van der Waals surface area contributed by atoms with Gasteiger partial charge in [-0.3, -0.25) is 10.0 Å². The van der Waals surface area contributed by atoms with Crippen LogP contribution in [0.4, 0.5) is 19.0 Å².